The number of nitrogens with zero attached hydrogens (tertiary/aromatic N) is 1. The van der Waals surface area contributed by atoms with Crippen molar-refractivity contribution in [2.45, 2.75) is 31.5 Å². The maximum absolute atomic E-state index is 11.8. The Hall–Kier alpha value is -0.840. The van der Waals surface area contributed by atoms with E-state index in [2.05, 4.69) is 6.58 Å². The molecule has 3 nitrogen and oxygen atoms in total. The molecule has 1 aliphatic carbocycles. The highest BCUT2D eigenvalue weighted by Crippen LogP contribution is 2.30. The first-order valence-electron chi connectivity index (χ1n) is 5.44. The number of aliphatic hydroxyl groups excluding tert-OH is 1. The maximum Gasteiger partial charge on any atom is 0.246 e. The third kappa shape index (κ3) is 2.70. The monoisotopic (exact) mass is 271 g/mol. The van der Waals surface area contributed by atoms with Crippen molar-refractivity contribution in [3.63, 3.8) is 0 Å². The van der Waals surface area contributed by atoms with E-state index in [1.165, 1.54) is 17.4 Å². The molecule has 1 aliphatic rings. The van der Waals surface area contributed by atoms with Gasteiger partial charge in [0.15, 0.2) is 0 Å². The highest BCUT2D eigenvalue weighted by molar-refractivity contribution is 7.14. The molecule has 0 aromatic carbocycles. The molecule has 1 amide bonds. The van der Waals surface area contributed by atoms with Crippen LogP contribution in [0.5, 0.6) is 0 Å². The van der Waals surface area contributed by atoms with Gasteiger partial charge in [-0.1, -0.05) is 18.2 Å². The summed E-state index contributed by atoms with van der Waals surface area (Å²) < 4.78 is 0.715. The molecule has 0 radical (unpaired) electrons. The summed E-state index contributed by atoms with van der Waals surface area (Å²) >= 11 is 7.49. The number of carbonyl (C=O) groups is 1. The van der Waals surface area contributed by atoms with Gasteiger partial charge in [-0.2, -0.15) is 0 Å². The number of hydrogen-bond acceptors (Lipinski definition) is 3. The summed E-state index contributed by atoms with van der Waals surface area (Å²) in [5.74, 6) is -0.107. The van der Waals surface area contributed by atoms with Gasteiger partial charge in [-0.3, -0.25) is 4.79 Å². The van der Waals surface area contributed by atoms with E-state index in [4.69, 9.17) is 11.6 Å². The molecule has 1 aromatic heterocycles. The summed E-state index contributed by atoms with van der Waals surface area (Å²) in [4.78, 5) is 13.5. The lowest BCUT2D eigenvalue weighted by Gasteiger charge is -2.40. The zero-order valence-corrected chi connectivity index (χ0v) is 10.9. The molecule has 2 rings (SSSR count). The fourth-order valence-corrected chi connectivity index (χ4v) is 2.85. The van der Waals surface area contributed by atoms with Crippen LogP contribution in [0.4, 0.5) is 0 Å². The standard InChI is InChI=1S/C12H14ClNO2S/c1-2-11(16)14(9-5-10(15)6-9)7-8-3-4-17-12(8)13/h2-4,9-10,15H,1,5-7H2. The van der Waals surface area contributed by atoms with Crippen LogP contribution < -0.4 is 0 Å². The van der Waals surface area contributed by atoms with E-state index in [9.17, 15) is 9.90 Å². The van der Waals surface area contributed by atoms with E-state index >= 15 is 0 Å². The minimum atomic E-state index is -0.280. The van der Waals surface area contributed by atoms with E-state index in [0.717, 1.165) is 5.56 Å². The van der Waals surface area contributed by atoms with Gasteiger partial charge >= 0.3 is 0 Å². The van der Waals surface area contributed by atoms with Crippen LogP contribution in [0.2, 0.25) is 4.34 Å². The van der Waals surface area contributed by atoms with Crippen molar-refractivity contribution < 1.29 is 9.90 Å². The predicted octanol–water partition coefficient (Wildman–Crippen LogP) is 2.44. The van der Waals surface area contributed by atoms with Crippen molar-refractivity contribution in [3.8, 4) is 0 Å². The van der Waals surface area contributed by atoms with E-state index in [1.807, 2.05) is 11.4 Å². The molecule has 92 valence electrons. The summed E-state index contributed by atoms with van der Waals surface area (Å²) in [5.41, 5.74) is 0.952. The second kappa shape index (κ2) is 5.21. The minimum absolute atomic E-state index is 0.103. The first kappa shape index (κ1) is 12.6. The van der Waals surface area contributed by atoms with Crippen LogP contribution in [0.15, 0.2) is 24.1 Å². The van der Waals surface area contributed by atoms with Crippen molar-refractivity contribution in [2.75, 3.05) is 0 Å². The predicted molar refractivity (Wildman–Crippen MR) is 69.1 cm³/mol. The van der Waals surface area contributed by atoms with E-state index in [1.54, 1.807) is 4.90 Å². The van der Waals surface area contributed by atoms with Gasteiger partial charge in [0.2, 0.25) is 5.91 Å². The van der Waals surface area contributed by atoms with E-state index in [0.29, 0.717) is 23.7 Å². The van der Waals surface area contributed by atoms with Crippen LogP contribution in [0.3, 0.4) is 0 Å². The van der Waals surface area contributed by atoms with Crippen molar-refractivity contribution in [2.24, 2.45) is 0 Å². The smallest absolute Gasteiger partial charge is 0.246 e. The molecule has 1 aromatic rings. The lowest BCUT2D eigenvalue weighted by atomic mass is 9.87. The summed E-state index contributed by atoms with van der Waals surface area (Å²) in [6, 6.07) is 2.03. The van der Waals surface area contributed by atoms with Crippen molar-refractivity contribution in [1.29, 1.82) is 0 Å². The lowest BCUT2D eigenvalue weighted by Crippen LogP contribution is -2.48. The van der Waals surface area contributed by atoms with Gasteiger partial charge in [-0.05, 0) is 30.4 Å². The SMILES string of the molecule is C=CC(=O)N(Cc1ccsc1Cl)C1CC(O)C1. The number of rotatable bonds is 4. The van der Waals surface area contributed by atoms with Gasteiger partial charge in [-0.15, -0.1) is 11.3 Å². The summed E-state index contributed by atoms with van der Waals surface area (Å²) in [6.45, 7) is 4.00. The third-order valence-electron chi connectivity index (χ3n) is 3.02. The zero-order valence-electron chi connectivity index (χ0n) is 9.30. The Morgan fingerprint density at radius 3 is 2.88 bits per heavy atom. The topological polar surface area (TPSA) is 40.5 Å². The molecule has 0 saturated heterocycles. The molecule has 0 aliphatic heterocycles. The number of hydrogen-bond donors (Lipinski definition) is 1. The van der Waals surface area contributed by atoms with Gasteiger partial charge < -0.3 is 10.0 Å². The van der Waals surface area contributed by atoms with Crippen LogP contribution in [0, 0.1) is 0 Å². The number of amides is 1. The van der Waals surface area contributed by atoms with Gasteiger partial charge in [0.05, 0.1) is 10.4 Å². The number of halogens is 1. The molecule has 1 heterocycles. The maximum atomic E-state index is 11.8. The first-order valence-corrected chi connectivity index (χ1v) is 6.70. The molecule has 0 atom stereocenters. The minimum Gasteiger partial charge on any atom is -0.393 e. The Balaban J connectivity index is 2.08. The fraction of sp³-hybridized carbons (Fsp3) is 0.417. The molecule has 1 N–H and O–H groups in total. The van der Waals surface area contributed by atoms with Crippen molar-refractivity contribution in [1.82, 2.24) is 4.90 Å². The van der Waals surface area contributed by atoms with Crippen LogP contribution in [-0.2, 0) is 11.3 Å². The highest BCUT2D eigenvalue weighted by atomic mass is 35.5. The van der Waals surface area contributed by atoms with Crippen molar-refractivity contribution in [3.05, 3.63) is 34.0 Å². The van der Waals surface area contributed by atoms with E-state index < -0.39 is 0 Å². The molecular formula is C12H14ClNO2S. The van der Waals surface area contributed by atoms with Crippen LogP contribution >= 0.6 is 22.9 Å². The first-order chi connectivity index (χ1) is 8.11. The van der Waals surface area contributed by atoms with Gasteiger partial charge in [0.25, 0.3) is 0 Å². The second-order valence-corrected chi connectivity index (χ2v) is 5.69. The van der Waals surface area contributed by atoms with Crippen LogP contribution in [0.25, 0.3) is 0 Å². The number of thiophene rings is 1. The Labute approximate surface area is 109 Å². The fourth-order valence-electron chi connectivity index (χ4n) is 1.93. The number of carbonyl (C=O) groups excluding carboxylic acids is 1. The lowest BCUT2D eigenvalue weighted by molar-refractivity contribution is -0.133. The highest BCUT2D eigenvalue weighted by Gasteiger charge is 2.34. The number of aliphatic hydroxyl groups is 1. The van der Waals surface area contributed by atoms with Crippen molar-refractivity contribution >= 4 is 28.8 Å². The Morgan fingerprint density at radius 2 is 2.41 bits per heavy atom. The Bertz CT molecular complexity index is 426. The normalized spacial score (nSPS) is 22.9. The largest absolute Gasteiger partial charge is 0.393 e. The van der Waals surface area contributed by atoms with Gasteiger partial charge in [-0.25, -0.2) is 0 Å². The molecule has 17 heavy (non-hydrogen) atoms. The molecule has 0 unspecified atom stereocenters. The zero-order chi connectivity index (χ0) is 12.4. The second-order valence-electron chi connectivity index (χ2n) is 4.17. The quantitative estimate of drug-likeness (QED) is 0.855. The van der Waals surface area contributed by atoms with Gasteiger partial charge in [0.1, 0.15) is 0 Å². The average Bonchev–Trinajstić information content (AvgIpc) is 2.67. The molecular weight excluding hydrogens is 258 g/mol. The van der Waals surface area contributed by atoms with Crippen LogP contribution in [-0.4, -0.2) is 28.1 Å². The van der Waals surface area contributed by atoms with Crippen LogP contribution in [0.1, 0.15) is 18.4 Å². The summed E-state index contributed by atoms with van der Waals surface area (Å²) in [5, 5.41) is 11.2. The molecule has 5 heteroatoms. The molecule has 1 fully saturated rings. The molecule has 0 spiro atoms. The Morgan fingerprint density at radius 1 is 1.71 bits per heavy atom. The van der Waals surface area contributed by atoms with Gasteiger partial charge in [0, 0.05) is 18.2 Å². The Kier molecular flexibility index (Phi) is 3.86. The third-order valence-corrected chi connectivity index (χ3v) is 4.27. The molecule has 1 saturated carbocycles. The van der Waals surface area contributed by atoms with E-state index in [-0.39, 0.29) is 18.1 Å². The molecule has 0 bridgehead atoms. The summed E-state index contributed by atoms with van der Waals surface area (Å²) in [6.07, 6.45) is 2.31. The summed E-state index contributed by atoms with van der Waals surface area (Å²) in [7, 11) is 0. The average molecular weight is 272 g/mol.